The van der Waals surface area contributed by atoms with E-state index in [0.29, 0.717) is 22.9 Å². The van der Waals surface area contributed by atoms with Crippen LogP contribution in [0.2, 0.25) is 0 Å². The van der Waals surface area contributed by atoms with Crippen molar-refractivity contribution in [2.75, 3.05) is 12.4 Å². The minimum absolute atomic E-state index is 0.262. The van der Waals surface area contributed by atoms with Crippen LogP contribution in [0.4, 0.5) is 5.95 Å². The average molecular weight is 268 g/mol. The number of benzene rings is 1. The van der Waals surface area contributed by atoms with E-state index in [1.807, 2.05) is 18.2 Å². The van der Waals surface area contributed by atoms with Crippen molar-refractivity contribution < 1.29 is 9.53 Å². The van der Waals surface area contributed by atoms with Crippen molar-refractivity contribution in [3.63, 3.8) is 0 Å². The lowest BCUT2D eigenvalue weighted by molar-refractivity contribution is 0.102. The highest BCUT2D eigenvalue weighted by Crippen LogP contribution is 2.14. The first-order valence-electron chi connectivity index (χ1n) is 6.03. The molecule has 1 N–H and O–H groups in total. The van der Waals surface area contributed by atoms with Crippen LogP contribution in [0.3, 0.4) is 0 Å². The average Bonchev–Trinajstić information content (AvgIpc) is 2.90. The predicted octanol–water partition coefficient (Wildman–Crippen LogP) is 1.99. The number of carbonyl (C=O) groups is 1. The number of carbonyl (C=O) groups excluding carboxylic acids is 1. The monoisotopic (exact) mass is 268 g/mol. The molecule has 0 unspecified atom stereocenters. The van der Waals surface area contributed by atoms with Crippen LogP contribution in [0.5, 0.6) is 5.75 Å². The number of hydrogen-bond acceptors (Lipinski definition) is 4. The molecule has 6 nitrogen and oxygen atoms in total. The van der Waals surface area contributed by atoms with Gasteiger partial charge in [-0.15, -0.1) is 10.2 Å². The number of nitrogens with zero attached hydrogens (tertiary/aromatic N) is 3. The number of pyridine rings is 1. The summed E-state index contributed by atoms with van der Waals surface area (Å²) in [7, 11) is 1.56. The van der Waals surface area contributed by atoms with Crippen LogP contribution in [-0.2, 0) is 0 Å². The number of rotatable bonds is 3. The Morgan fingerprint density at radius 3 is 2.95 bits per heavy atom. The van der Waals surface area contributed by atoms with Gasteiger partial charge in [0.2, 0.25) is 5.95 Å². The molecule has 100 valence electrons. The van der Waals surface area contributed by atoms with E-state index in [0.717, 1.165) is 0 Å². The summed E-state index contributed by atoms with van der Waals surface area (Å²) in [4.78, 5) is 12.2. The van der Waals surface area contributed by atoms with Gasteiger partial charge in [0.15, 0.2) is 5.65 Å². The maximum atomic E-state index is 12.2. The summed E-state index contributed by atoms with van der Waals surface area (Å²) in [5, 5.41) is 10.7. The van der Waals surface area contributed by atoms with Crippen LogP contribution >= 0.6 is 0 Å². The first-order chi connectivity index (χ1) is 9.78. The maximum absolute atomic E-state index is 12.2. The van der Waals surface area contributed by atoms with E-state index in [1.54, 1.807) is 42.0 Å². The van der Waals surface area contributed by atoms with Crippen molar-refractivity contribution in [1.82, 2.24) is 14.6 Å². The lowest BCUT2D eigenvalue weighted by Crippen LogP contribution is -2.14. The molecular formula is C14H12N4O2. The van der Waals surface area contributed by atoms with Crippen LogP contribution in [0.25, 0.3) is 5.65 Å². The summed E-state index contributed by atoms with van der Waals surface area (Å²) in [6.45, 7) is 0. The third kappa shape index (κ3) is 2.18. The van der Waals surface area contributed by atoms with E-state index < -0.39 is 0 Å². The van der Waals surface area contributed by atoms with E-state index in [9.17, 15) is 4.79 Å². The lowest BCUT2D eigenvalue weighted by atomic mass is 10.2. The first kappa shape index (κ1) is 12.2. The van der Waals surface area contributed by atoms with Gasteiger partial charge in [-0.25, -0.2) is 0 Å². The molecule has 3 aromatic rings. The highest BCUT2D eigenvalue weighted by Gasteiger charge is 2.11. The smallest absolute Gasteiger partial charge is 0.258 e. The molecule has 0 aliphatic carbocycles. The Balaban J connectivity index is 1.88. The largest absolute Gasteiger partial charge is 0.497 e. The molecule has 6 heteroatoms. The number of nitrogens with one attached hydrogen (secondary N) is 1. The van der Waals surface area contributed by atoms with E-state index >= 15 is 0 Å². The number of ether oxygens (including phenoxy) is 1. The molecule has 2 aromatic heterocycles. The molecule has 20 heavy (non-hydrogen) atoms. The number of hydrogen-bond donors (Lipinski definition) is 1. The summed E-state index contributed by atoms with van der Waals surface area (Å²) in [6, 6.07) is 12.4. The third-order valence-electron chi connectivity index (χ3n) is 2.87. The van der Waals surface area contributed by atoms with Gasteiger partial charge < -0.3 is 4.74 Å². The van der Waals surface area contributed by atoms with Crippen LogP contribution in [0.15, 0.2) is 48.7 Å². The van der Waals surface area contributed by atoms with Gasteiger partial charge >= 0.3 is 0 Å². The second-order valence-electron chi connectivity index (χ2n) is 4.14. The van der Waals surface area contributed by atoms with Gasteiger partial charge in [-0.1, -0.05) is 12.1 Å². The molecule has 0 aliphatic heterocycles. The van der Waals surface area contributed by atoms with Crippen molar-refractivity contribution in [2.45, 2.75) is 0 Å². The topological polar surface area (TPSA) is 68.5 Å². The molecule has 0 aliphatic rings. The molecule has 0 radical (unpaired) electrons. The summed E-state index contributed by atoms with van der Waals surface area (Å²) in [6.07, 6.45) is 1.79. The molecule has 3 rings (SSSR count). The van der Waals surface area contributed by atoms with Gasteiger partial charge in [-0.3, -0.25) is 14.5 Å². The van der Waals surface area contributed by atoms with Crippen molar-refractivity contribution >= 4 is 17.5 Å². The Morgan fingerprint density at radius 2 is 2.10 bits per heavy atom. The number of fused-ring (bicyclic) bond motifs is 1. The molecule has 1 amide bonds. The van der Waals surface area contributed by atoms with Gasteiger partial charge in [0.1, 0.15) is 5.75 Å². The van der Waals surface area contributed by atoms with Crippen LogP contribution in [0, 0.1) is 0 Å². The summed E-state index contributed by atoms with van der Waals surface area (Å²) in [5.74, 6) is 0.749. The quantitative estimate of drug-likeness (QED) is 0.788. The molecule has 0 spiro atoms. The maximum Gasteiger partial charge on any atom is 0.258 e. The Morgan fingerprint density at radius 1 is 1.20 bits per heavy atom. The van der Waals surface area contributed by atoms with E-state index in [1.165, 1.54) is 0 Å². The summed E-state index contributed by atoms with van der Waals surface area (Å²) < 4.78 is 6.80. The minimum atomic E-state index is -0.262. The van der Waals surface area contributed by atoms with Gasteiger partial charge in [-0.2, -0.15) is 0 Å². The zero-order chi connectivity index (χ0) is 13.9. The molecule has 0 saturated carbocycles. The highest BCUT2D eigenvalue weighted by molar-refractivity contribution is 6.03. The zero-order valence-electron chi connectivity index (χ0n) is 10.8. The molecule has 1 aromatic carbocycles. The van der Waals surface area contributed by atoms with Crippen molar-refractivity contribution in [3.8, 4) is 5.75 Å². The Bertz CT molecular complexity index is 766. The fourth-order valence-corrected chi connectivity index (χ4v) is 1.86. The zero-order valence-corrected chi connectivity index (χ0v) is 10.8. The molecule has 2 heterocycles. The molecule has 0 saturated heterocycles. The van der Waals surface area contributed by atoms with Gasteiger partial charge in [0.05, 0.1) is 7.11 Å². The molecule has 0 fully saturated rings. The second kappa shape index (κ2) is 5.00. The van der Waals surface area contributed by atoms with Crippen molar-refractivity contribution in [3.05, 3.63) is 54.2 Å². The Hall–Kier alpha value is -2.89. The minimum Gasteiger partial charge on any atom is -0.497 e. The van der Waals surface area contributed by atoms with Gasteiger partial charge in [-0.05, 0) is 30.3 Å². The molecular weight excluding hydrogens is 256 g/mol. The first-order valence-corrected chi connectivity index (χ1v) is 6.03. The van der Waals surface area contributed by atoms with Crippen molar-refractivity contribution in [2.24, 2.45) is 0 Å². The van der Waals surface area contributed by atoms with E-state index in [4.69, 9.17) is 4.74 Å². The Kier molecular flexibility index (Phi) is 3.04. The van der Waals surface area contributed by atoms with Gasteiger partial charge in [0, 0.05) is 11.8 Å². The molecule has 0 bridgehead atoms. The SMILES string of the molecule is COc1cccc(C(=O)Nc2nnc3ccccn23)c1. The fraction of sp³-hybridized carbons (Fsp3) is 0.0714. The van der Waals surface area contributed by atoms with Gasteiger partial charge in [0.25, 0.3) is 5.91 Å². The van der Waals surface area contributed by atoms with Crippen LogP contribution < -0.4 is 10.1 Å². The third-order valence-corrected chi connectivity index (χ3v) is 2.87. The highest BCUT2D eigenvalue weighted by atomic mass is 16.5. The summed E-state index contributed by atoms with van der Waals surface area (Å²) in [5.41, 5.74) is 1.17. The van der Waals surface area contributed by atoms with E-state index in [-0.39, 0.29) is 5.91 Å². The number of methoxy groups -OCH3 is 1. The fourth-order valence-electron chi connectivity index (χ4n) is 1.86. The normalized spacial score (nSPS) is 10.4. The van der Waals surface area contributed by atoms with Crippen LogP contribution in [-0.4, -0.2) is 27.6 Å². The number of amides is 1. The predicted molar refractivity (Wildman–Crippen MR) is 73.9 cm³/mol. The number of anilines is 1. The second-order valence-corrected chi connectivity index (χ2v) is 4.14. The van der Waals surface area contributed by atoms with Crippen molar-refractivity contribution in [1.29, 1.82) is 0 Å². The van der Waals surface area contributed by atoms with E-state index in [2.05, 4.69) is 15.5 Å². The standard InChI is InChI=1S/C14H12N4O2/c1-20-11-6-4-5-10(9-11)13(19)15-14-17-16-12-7-2-3-8-18(12)14/h2-9H,1H3,(H,15,17,19). The Labute approximate surface area is 115 Å². The lowest BCUT2D eigenvalue weighted by Gasteiger charge is -2.05. The molecule has 0 atom stereocenters. The summed E-state index contributed by atoms with van der Waals surface area (Å²) >= 11 is 0. The van der Waals surface area contributed by atoms with Crippen LogP contribution in [0.1, 0.15) is 10.4 Å². The number of aromatic nitrogens is 3.